The topological polar surface area (TPSA) is 44.5 Å². The molecule has 1 saturated heterocycles. The molecule has 0 saturated carbocycles. The van der Waals surface area contributed by atoms with Crippen LogP contribution in [0.5, 0.6) is 5.75 Å². The van der Waals surface area contributed by atoms with Gasteiger partial charge in [-0.25, -0.2) is 4.39 Å². The summed E-state index contributed by atoms with van der Waals surface area (Å²) >= 11 is 0. The van der Waals surface area contributed by atoms with Crippen molar-refractivity contribution >= 4 is 0 Å². The van der Waals surface area contributed by atoms with Crippen LogP contribution >= 0.6 is 0 Å². The lowest BCUT2D eigenvalue weighted by Gasteiger charge is -2.37. The van der Waals surface area contributed by atoms with E-state index >= 15 is 0 Å². The number of nitrogens with two attached hydrogens (primary N) is 1. The molecule has 2 atom stereocenters. The maximum atomic E-state index is 13.1. The van der Waals surface area contributed by atoms with Crippen molar-refractivity contribution in [1.29, 1.82) is 0 Å². The first kappa shape index (κ1) is 10.1. The number of hydrogen-bond donors (Lipinski definition) is 1. The zero-order valence-corrected chi connectivity index (χ0v) is 8.91. The zero-order valence-electron chi connectivity index (χ0n) is 8.91. The van der Waals surface area contributed by atoms with E-state index in [0.29, 0.717) is 19.0 Å². The lowest BCUT2D eigenvalue weighted by molar-refractivity contribution is 0.0232. The molecule has 3 nitrogen and oxygen atoms in total. The van der Waals surface area contributed by atoms with Gasteiger partial charge in [0.2, 0.25) is 0 Å². The molecule has 2 aliphatic heterocycles. The predicted molar refractivity (Wildman–Crippen MR) is 56.7 cm³/mol. The van der Waals surface area contributed by atoms with Crippen molar-refractivity contribution in [3.8, 4) is 5.75 Å². The lowest BCUT2D eigenvalue weighted by Crippen LogP contribution is -2.43. The SMILES string of the molecule is N[C@@H]1CC2(CCOC2)Oc2cc(F)ccc21. The molecule has 0 radical (unpaired) electrons. The molecule has 2 aliphatic rings. The van der Waals surface area contributed by atoms with Gasteiger partial charge in [-0.3, -0.25) is 0 Å². The van der Waals surface area contributed by atoms with Gasteiger partial charge in [-0.2, -0.15) is 0 Å². The Bertz CT molecular complexity index is 415. The summed E-state index contributed by atoms with van der Waals surface area (Å²) in [5.41, 5.74) is 6.65. The van der Waals surface area contributed by atoms with Gasteiger partial charge in [0.25, 0.3) is 0 Å². The molecular weight excluding hydrogens is 209 g/mol. The summed E-state index contributed by atoms with van der Waals surface area (Å²) in [5, 5.41) is 0. The van der Waals surface area contributed by atoms with Gasteiger partial charge in [0.1, 0.15) is 17.2 Å². The third-order valence-electron chi connectivity index (χ3n) is 3.36. The molecular formula is C12H14FNO2. The summed E-state index contributed by atoms with van der Waals surface area (Å²) in [4.78, 5) is 0. The Morgan fingerprint density at radius 2 is 2.31 bits per heavy atom. The fourth-order valence-electron chi connectivity index (χ4n) is 2.52. The summed E-state index contributed by atoms with van der Waals surface area (Å²) in [7, 11) is 0. The van der Waals surface area contributed by atoms with E-state index in [4.69, 9.17) is 15.2 Å². The van der Waals surface area contributed by atoms with E-state index in [9.17, 15) is 4.39 Å². The van der Waals surface area contributed by atoms with Crippen LogP contribution in [0.1, 0.15) is 24.4 Å². The normalized spacial score (nSPS) is 32.5. The van der Waals surface area contributed by atoms with Crippen LogP contribution in [0.4, 0.5) is 4.39 Å². The molecule has 0 aliphatic carbocycles. The molecule has 1 fully saturated rings. The van der Waals surface area contributed by atoms with Crippen molar-refractivity contribution < 1.29 is 13.9 Å². The molecule has 1 spiro atoms. The number of halogens is 1. The van der Waals surface area contributed by atoms with Gasteiger partial charge in [-0.15, -0.1) is 0 Å². The largest absolute Gasteiger partial charge is 0.484 e. The molecule has 0 bridgehead atoms. The minimum atomic E-state index is -0.333. The second-order valence-corrected chi connectivity index (χ2v) is 4.58. The second-order valence-electron chi connectivity index (χ2n) is 4.58. The van der Waals surface area contributed by atoms with E-state index in [0.717, 1.165) is 18.4 Å². The van der Waals surface area contributed by atoms with E-state index in [1.165, 1.54) is 12.1 Å². The Balaban J connectivity index is 2.00. The Morgan fingerprint density at radius 3 is 3.06 bits per heavy atom. The molecule has 0 aromatic heterocycles. The van der Waals surface area contributed by atoms with Crippen molar-refractivity contribution in [2.24, 2.45) is 5.73 Å². The molecule has 1 unspecified atom stereocenters. The molecule has 2 N–H and O–H groups in total. The Hall–Kier alpha value is -1.13. The molecule has 1 aromatic rings. The van der Waals surface area contributed by atoms with Crippen molar-refractivity contribution in [2.75, 3.05) is 13.2 Å². The van der Waals surface area contributed by atoms with Gasteiger partial charge < -0.3 is 15.2 Å². The Kier molecular flexibility index (Phi) is 2.16. The lowest BCUT2D eigenvalue weighted by atomic mass is 9.87. The van der Waals surface area contributed by atoms with Crippen LogP contribution in [-0.2, 0) is 4.74 Å². The van der Waals surface area contributed by atoms with Gasteiger partial charge in [0, 0.05) is 30.5 Å². The highest BCUT2D eigenvalue weighted by Crippen LogP contribution is 2.42. The summed E-state index contributed by atoms with van der Waals surface area (Å²) in [5.74, 6) is 0.283. The van der Waals surface area contributed by atoms with Crippen LogP contribution in [0.2, 0.25) is 0 Å². The van der Waals surface area contributed by atoms with Crippen LogP contribution in [0.15, 0.2) is 18.2 Å². The van der Waals surface area contributed by atoms with Crippen LogP contribution < -0.4 is 10.5 Å². The maximum absolute atomic E-state index is 13.1. The summed E-state index contributed by atoms with van der Waals surface area (Å²) < 4.78 is 24.4. The van der Waals surface area contributed by atoms with Gasteiger partial charge in [0.15, 0.2) is 0 Å². The predicted octanol–water partition coefficient (Wildman–Crippen LogP) is 1.77. The van der Waals surface area contributed by atoms with Gasteiger partial charge in [-0.1, -0.05) is 6.07 Å². The van der Waals surface area contributed by atoms with Crippen molar-refractivity contribution in [1.82, 2.24) is 0 Å². The number of fused-ring (bicyclic) bond motifs is 1. The summed E-state index contributed by atoms with van der Waals surface area (Å²) in [6.45, 7) is 1.24. The molecule has 86 valence electrons. The van der Waals surface area contributed by atoms with Crippen LogP contribution in [0, 0.1) is 5.82 Å². The van der Waals surface area contributed by atoms with E-state index < -0.39 is 0 Å². The maximum Gasteiger partial charge on any atom is 0.136 e. The first-order chi connectivity index (χ1) is 7.69. The molecule has 2 heterocycles. The van der Waals surface area contributed by atoms with Crippen molar-refractivity contribution in [3.63, 3.8) is 0 Å². The van der Waals surface area contributed by atoms with E-state index in [2.05, 4.69) is 0 Å². The van der Waals surface area contributed by atoms with E-state index in [1.54, 1.807) is 6.07 Å². The summed E-state index contributed by atoms with van der Waals surface area (Å²) in [6.07, 6.45) is 1.57. The summed E-state index contributed by atoms with van der Waals surface area (Å²) in [6, 6.07) is 4.45. The standard InChI is InChI=1S/C12H14FNO2/c13-8-1-2-9-10(14)6-12(3-4-15-7-12)16-11(9)5-8/h1-2,5,10H,3-4,6-7,14H2/t10-,12?/m1/s1. The Labute approximate surface area is 93.3 Å². The van der Waals surface area contributed by atoms with Crippen LogP contribution in [0.25, 0.3) is 0 Å². The van der Waals surface area contributed by atoms with Gasteiger partial charge >= 0.3 is 0 Å². The van der Waals surface area contributed by atoms with Crippen molar-refractivity contribution in [2.45, 2.75) is 24.5 Å². The van der Waals surface area contributed by atoms with E-state index in [-0.39, 0.29) is 17.5 Å². The highest BCUT2D eigenvalue weighted by molar-refractivity contribution is 5.39. The number of hydrogen-bond acceptors (Lipinski definition) is 3. The van der Waals surface area contributed by atoms with Gasteiger partial charge in [0.05, 0.1) is 13.2 Å². The Morgan fingerprint density at radius 1 is 1.44 bits per heavy atom. The first-order valence-corrected chi connectivity index (χ1v) is 5.50. The molecule has 3 rings (SSSR count). The second kappa shape index (κ2) is 3.43. The van der Waals surface area contributed by atoms with Crippen LogP contribution in [-0.4, -0.2) is 18.8 Å². The molecule has 0 amide bonds. The smallest absolute Gasteiger partial charge is 0.136 e. The fourth-order valence-corrected chi connectivity index (χ4v) is 2.52. The quantitative estimate of drug-likeness (QED) is 0.729. The fraction of sp³-hybridized carbons (Fsp3) is 0.500. The van der Waals surface area contributed by atoms with Crippen molar-refractivity contribution in [3.05, 3.63) is 29.6 Å². The first-order valence-electron chi connectivity index (χ1n) is 5.50. The third kappa shape index (κ3) is 1.49. The monoisotopic (exact) mass is 223 g/mol. The van der Waals surface area contributed by atoms with Gasteiger partial charge in [-0.05, 0) is 6.07 Å². The number of rotatable bonds is 0. The highest BCUT2D eigenvalue weighted by Gasteiger charge is 2.43. The average Bonchev–Trinajstić information content (AvgIpc) is 2.65. The zero-order chi connectivity index (χ0) is 11.2. The molecule has 4 heteroatoms. The molecule has 16 heavy (non-hydrogen) atoms. The number of ether oxygens (including phenoxy) is 2. The minimum absolute atomic E-state index is 0.0916. The third-order valence-corrected chi connectivity index (χ3v) is 3.36. The minimum Gasteiger partial charge on any atom is -0.484 e. The van der Waals surface area contributed by atoms with Crippen LogP contribution in [0.3, 0.4) is 0 Å². The van der Waals surface area contributed by atoms with E-state index in [1.807, 2.05) is 0 Å². The highest BCUT2D eigenvalue weighted by atomic mass is 19.1. The number of benzene rings is 1. The average molecular weight is 223 g/mol. The molecule has 1 aromatic carbocycles.